The molecule has 128 valence electrons. The summed E-state index contributed by atoms with van der Waals surface area (Å²) in [7, 11) is 3.11. The van der Waals surface area contributed by atoms with E-state index in [1.165, 1.54) is 11.8 Å². The van der Waals surface area contributed by atoms with Crippen molar-refractivity contribution >= 4 is 17.6 Å². The van der Waals surface area contributed by atoms with E-state index < -0.39 is 21.8 Å². The van der Waals surface area contributed by atoms with Gasteiger partial charge in [0.1, 0.15) is 22.7 Å². The number of thioether (sulfide) groups is 1. The van der Waals surface area contributed by atoms with E-state index in [-0.39, 0.29) is 5.84 Å². The maximum absolute atomic E-state index is 10.1. The molecule has 2 fully saturated rings. The third-order valence-corrected chi connectivity index (χ3v) is 6.65. The molecule has 4 rings (SSSR count). The van der Waals surface area contributed by atoms with Gasteiger partial charge in [-0.05, 0) is 18.2 Å². The Balaban J connectivity index is 1.95. The first-order valence-corrected chi connectivity index (χ1v) is 8.73. The number of amidine groups is 1. The van der Waals surface area contributed by atoms with Gasteiger partial charge in [-0.3, -0.25) is 0 Å². The minimum atomic E-state index is -1.22. The van der Waals surface area contributed by atoms with Gasteiger partial charge in [0.25, 0.3) is 0 Å². The summed E-state index contributed by atoms with van der Waals surface area (Å²) in [5, 5.41) is 19.0. The van der Waals surface area contributed by atoms with Gasteiger partial charge in [0, 0.05) is 17.2 Å². The predicted octanol–water partition coefficient (Wildman–Crippen LogP) is 1.61. The fourth-order valence-electron chi connectivity index (χ4n) is 4.25. The topological polar surface area (TPSA) is 114 Å². The van der Waals surface area contributed by atoms with Crippen LogP contribution >= 0.6 is 11.8 Å². The summed E-state index contributed by atoms with van der Waals surface area (Å²) in [4.78, 5) is 4.43. The third kappa shape index (κ3) is 1.57. The summed E-state index contributed by atoms with van der Waals surface area (Å²) in [5.74, 6) is 1.55. The lowest BCUT2D eigenvalue weighted by atomic mass is 9.95. The third-order valence-electron chi connectivity index (χ3n) is 5.35. The summed E-state index contributed by atoms with van der Waals surface area (Å²) >= 11 is 1.43. The number of fused-ring (bicyclic) bond motifs is 2. The molecular weight excluding hydrogens is 340 g/mol. The highest BCUT2D eigenvalue weighted by molar-refractivity contribution is 8.00. The second-order valence-electron chi connectivity index (χ2n) is 6.16. The molecule has 0 aromatic heterocycles. The van der Waals surface area contributed by atoms with Crippen molar-refractivity contribution in [2.45, 2.75) is 11.0 Å². The molecule has 4 atom stereocenters. The molecule has 7 nitrogen and oxygen atoms in total. The molecule has 0 unspecified atom stereocenters. The second-order valence-corrected chi connectivity index (χ2v) is 7.41. The first-order valence-electron chi connectivity index (χ1n) is 7.75. The second kappa shape index (κ2) is 5.04. The molecule has 0 amide bonds. The minimum Gasteiger partial charge on any atom is -0.497 e. The molecule has 1 spiro atoms. The van der Waals surface area contributed by atoms with Crippen molar-refractivity contribution in [2.75, 3.05) is 26.6 Å². The van der Waals surface area contributed by atoms with Crippen LogP contribution in [0.1, 0.15) is 11.5 Å². The van der Waals surface area contributed by atoms with Gasteiger partial charge < -0.3 is 19.9 Å². The van der Waals surface area contributed by atoms with Gasteiger partial charge >= 0.3 is 0 Å². The fraction of sp³-hybridized carbons (Fsp3) is 0.471. The lowest BCUT2D eigenvalue weighted by molar-refractivity contribution is 0.0200. The minimum absolute atomic E-state index is 0.154. The Kier molecular flexibility index (Phi) is 3.24. The average Bonchev–Trinajstić information content (AvgIpc) is 2.88. The van der Waals surface area contributed by atoms with Gasteiger partial charge in [-0.2, -0.15) is 10.5 Å². The highest BCUT2D eigenvalue weighted by atomic mass is 32.2. The normalized spacial score (nSPS) is 37.8. The lowest BCUT2D eigenvalue weighted by Crippen LogP contribution is -2.34. The number of rotatable bonds is 3. The molecule has 3 aliphatic rings. The van der Waals surface area contributed by atoms with Crippen molar-refractivity contribution in [1.82, 2.24) is 0 Å². The quantitative estimate of drug-likeness (QED) is 0.875. The van der Waals surface area contributed by atoms with Gasteiger partial charge in [0.05, 0.1) is 33.0 Å². The number of nitrogens with zero attached hydrogens (tertiary/aromatic N) is 3. The number of nitriles is 2. The van der Waals surface area contributed by atoms with Crippen LogP contribution in [0.25, 0.3) is 0 Å². The molecule has 2 N–H and O–H groups in total. The summed E-state index contributed by atoms with van der Waals surface area (Å²) < 4.78 is 16.7. The van der Waals surface area contributed by atoms with Gasteiger partial charge in [0.15, 0.2) is 5.41 Å². The van der Waals surface area contributed by atoms with E-state index in [9.17, 15) is 10.5 Å². The Bertz CT molecular complexity index is 868. The molecule has 0 radical (unpaired) electrons. The Labute approximate surface area is 149 Å². The highest BCUT2D eigenvalue weighted by Crippen LogP contribution is 2.84. The van der Waals surface area contributed by atoms with Gasteiger partial charge in [0.2, 0.25) is 5.06 Å². The molecule has 1 aromatic rings. The van der Waals surface area contributed by atoms with Crippen molar-refractivity contribution < 1.29 is 14.2 Å². The Hall–Kier alpha value is -2.42. The number of nitrogens with two attached hydrogens (primary N) is 1. The molecule has 1 aromatic carbocycles. The van der Waals surface area contributed by atoms with Gasteiger partial charge in [-0.15, -0.1) is 0 Å². The molecule has 0 bridgehead atoms. The molecular formula is C17H16N4O3S. The molecule has 1 saturated carbocycles. The summed E-state index contributed by atoms with van der Waals surface area (Å²) in [6.07, 6.45) is 0. The number of benzene rings is 1. The maximum Gasteiger partial charge on any atom is 0.230 e. The number of methoxy groups -OCH3 is 2. The van der Waals surface area contributed by atoms with Gasteiger partial charge in [-0.25, -0.2) is 4.99 Å². The molecule has 25 heavy (non-hydrogen) atoms. The first-order chi connectivity index (χ1) is 12.1. The van der Waals surface area contributed by atoms with Crippen molar-refractivity contribution in [1.29, 1.82) is 10.5 Å². The number of ether oxygens (including phenoxy) is 3. The maximum atomic E-state index is 10.1. The molecule has 2 heterocycles. The SMILES string of the molecule is COc1ccc(OC)c([C@@H]2[C@@]3(C#N)[C@@]4(N=C(N)[C@@]23C#N)OCCS4)c1. The summed E-state index contributed by atoms with van der Waals surface area (Å²) in [5.41, 5.74) is 4.48. The Morgan fingerprint density at radius 1 is 1.32 bits per heavy atom. The number of hydrogen-bond acceptors (Lipinski definition) is 8. The zero-order valence-corrected chi connectivity index (χ0v) is 14.6. The zero-order valence-electron chi connectivity index (χ0n) is 13.8. The van der Waals surface area contributed by atoms with Crippen LogP contribution < -0.4 is 15.2 Å². The van der Waals surface area contributed by atoms with Crippen molar-refractivity contribution in [3.8, 4) is 23.6 Å². The van der Waals surface area contributed by atoms with Crippen molar-refractivity contribution in [2.24, 2.45) is 21.6 Å². The molecule has 8 heteroatoms. The zero-order chi connectivity index (χ0) is 17.9. The van der Waals surface area contributed by atoms with Crippen LogP contribution in [0.3, 0.4) is 0 Å². The lowest BCUT2D eigenvalue weighted by Gasteiger charge is -2.26. The van der Waals surface area contributed by atoms with Crippen LogP contribution in [-0.4, -0.2) is 37.5 Å². The Morgan fingerprint density at radius 2 is 2.12 bits per heavy atom. The van der Waals surface area contributed by atoms with Crippen LogP contribution in [0.5, 0.6) is 11.5 Å². The largest absolute Gasteiger partial charge is 0.497 e. The highest BCUT2D eigenvalue weighted by Gasteiger charge is 2.93. The Morgan fingerprint density at radius 3 is 2.68 bits per heavy atom. The van der Waals surface area contributed by atoms with E-state index in [1.807, 2.05) is 0 Å². The van der Waals surface area contributed by atoms with Crippen molar-refractivity contribution in [3.63, 3.8) is 0 Å². The van der Waals surface area contributed by atoms with Crippen LogP contribution in [0.2, 0.25) is 0 Å². The van der Waals surface area contributed by atoms with Gasteiger partial charge in [-0.1, -0.05) is 11.8 Å². The predicted molar refractivity (Wildman–Crippen MR) is 91.1 cm³/mol. The van der Waals surface area contributed by atoms with E-state index in [1.54, 1.807) is 32.4 Å². The number of hydrogen-bond donors (Lipinski definition) is 1. The van der Waals surface area contributed by atoms with Crippen molar-refractivity contribution in [3.05, 3.63) is 23.8 Å². The van der Waals surface area contributed by atoms with Crippen LogP contribution in [0, 0.1) is 33.5 Å². The first kappa shape index (κ1) is 16.1. The number of aliphatic imine (C=N–C) groups is 1. The monoisotopic (exact) mass is 356 g/mol. The molecule has 2 aliphatic heterocycles. The average molecular weight is 356 g/mol. The van der Waals surface area contributed by atoms with E-state index in [2.05, 4.69) is 17.1 Å². The smallest absolute Gasteiger partial charge is 0.230 e. The van der Waals surface area contributed by atoms with Crippen LogP contribution in [0.15, 0.2) is 23.2 Å². The summed E-state index contributed by atoms with van der Waals surface area (Å²) in [6.45, 7) is 0.467. The molecule has 1 aliphatic carbocycles. The van der Waals surface area contributed by atoms with Crippen LogP contribution in [-0.2, 0) is 4.74 Å². The van der Waals surface area contributed by atoms with E-state index >= 15 is 0 Å². The molecule has 1 saturated heterocycles. The van der Waals surface area contributed by atoms with Crippen LogP contribution in [0.4, 0.5) is 0 Å². The summed E-state index contributed by atoms with van der Waals surface area (Å²) in [6, 6.07) is 9.95. The van der Waals surface area contributed by atoms with E-state index in [0.717, 1.165) is 0 Å². The standard InChI is InChI=1S/C17H16N4O3S/c1-22-10-3-4-12(23-2)11(7-10)13-15(8-18)14(20)21-17(16(13,15)9-19)24-5-6-25-17/h3-4,7,13H,5-6H2,1-2H3,(H2,20,21)/t13-,15+,16+,17+/m0/s1. The van der Waals surface area contributed by atoms with E-state index in [4.69, 9.17) is 19.9 Å². The van der Waals surface area contributed by atoms with E-state index in [0.29, 0.717) is 29.4 Å². The fourth-order valence-corrected chi connectivity index (χ4v) is 5.57.